The zero-order valence-electron chi connectivity index (χ0n) is 23.1. The zero-order chi connectivity index (χ0) is 29.5. The molecule has 5 rings (SSSR count). The summed E-state index contributed by atoms with van der Waals surface area (Å²) in [5, 5.41) is 15.7. The normalized spacial score (nSPS) is 13.0. The standard InChI is InChI=1S/C30H30N8O2S2/c1-20(39)33-22-9-7-21(8-10-22)28-25(17-31)29(32)36-30(35-28)42-19-23-18-41-26(34-23)11-12-27(40)38-15-13-37(14-16-38)24-5-3-2-4-6-24/h2-10,18H,11-16,19H2,1H3,(H,33,39)(H2,32,35,36). The summed E-state index contributed by atoms with van der Waals surface area (Å²) >= 11 is 2.93. The second-order valence-electron chi connectivity index (χ2n) is 9.71. The van der Waals surface area contributed by atoms with E-state index in [2.05, 4.69) is 38.4 Å². The summed E-state index contributed by atoms with van der Waals surface area (Å²) in [5.74, 6) is 0.628. The van der Waals surface area contributed by atoms with Gasteiger partial charge in [0.05, 0.1) is 16.4 Å². The van der Waals surface area contributed by atoms with Crippen LogP contribution in [0.5, 0.6) is 0 Å². The van der Waals surface area contributed by atoms with Crippen LogP contribution in [0.15, 0.2) is 65.1 Å². The number of nitriles is 1. The van der Waals surface area contributed by atoms with Crippen LogP contribution in [-0.4, -0.2) is 57.8 Å². The highest BCUT2D eigenvalue weighted by molar-refractivity contribution is 7.98. The lowest BCUT2D eigenvalue weighted by Crippen LogP contribution is -2.48. The number of benzene rings is 2. The maximum atomic E-state index is 12.8. The molecular formula is C30H30N8O2S2. The number of aromatic nitrogens is 3. The van der Waals surface area contributed by atoms with Gasteiger partial charge in [0, 0.05) is 74.0 Å². The molecule has 2 aromatic heterocycles. The molecule has 0 radical (unpaired) electrons. The number of anilines is 3. The second kappa shape index (κ2) is 13.5. The number of thiazole rings is 1. The van der Waals surface area contributed by atoms with Crippen LogP contribution in [0.4, 0.5) is 17.2 Å². The Labute approximate surface area is 252 Å². The van der Waals surface area contributed by atoms with Gasteiger partial charge in [-0.15, -0.1) is 11.3 Å². The first-order chi connectivity index (χ1) is 20.4. The number of nitrogens with two attached hydrogens (primary N) is 1. The summed E-state index contributed by atoms with van der Waals surface area (Å²) in [6.45, 7) is 4.56. The molecule has 12 heteroatoms. The summed E-state index contributed by atoms with van der Waals surface area (Å²) < 4.78 is 0. The first-order valence-electron chi connectivity index (χ1n) is 13.5. The molecule has 2 amide bonds. The van der Waals surface area contributed by atoms with Gasteiger partial charge in [0.1, 0.15) is 17.5 Å². The van der Waals surface area contributed by atoms with Crippen molar-refractivity contribution in [1.29, 1.82) is 5.26 Å². The summed E-state index contributed by atoms with van der Waals surface area (Å²) in [7, 11) is 0. The zero-order valence-corrected chi connectivity index (χ0v) is 24.7. The Morgan fingerprint density at radius 2 is 1.79 bits per heavy atom. The van der Waals surface area contributed by atoms with E-state index in [1.54, 1.807) is 35.6 Å². The molecule has 1 saturated heterocycles. The summed E-state index contributed by atoms with van der Waals surface area (Å²) in [6.07, 6.45) is 1.04. The Balaban J connectivity index is 1.15. The monoisotopic (exact) mass is 598 g/mol. The van der Waals surface area contributed by atoms with E-state index in [9.17, 15) is 14.9 Å². The quantitative estimate of drug-likeness (QED) is 0.209. The van der Waals surface area contributed by atoms with Crippen LogP contribution < -0.4 is 16.0 Å². The number of aryl methyl sites for hydroxylation is 1. The maximum Gasteiger partial charge on any atom is 0.223 e. The largest absolute Gasteiger partial charge is 0.382 e. The Hall–Kier alpha value is -4.47. The molecule has 1 fully saturated rings. The Morgan fingerprint density at radius 3 is 2.48 bits per heavy atom. The van der Waals surface area contributed by atoms with Gasteiger partial charge in [0.25, 0.3) is 0 Å². The number of carbonyl (C=O) groups is 2. The molecule has 1 aliphatic heterocycles. The van der Waals surface area contributed by atoms with Crippen molar-refractivity contribution < 1.29 is 9.59 Å². The summed E-state index contributed by atoms with van der Waals surface area (Å²) in [5.41, 5.74) is 10.2. The first kappa shape index (κ1) is 29.0. The number of piperazine rings is 1. The van der Waals surface area contributed by atoms with Gasteiger partial charge in [0.15, 0.2) is 5.16 Å². The van der Waals surface area contributed by atoms with Gasteiger partial charge in [-0.25, -0.2) is 15.0 Å². The van der Waals surface area contributed by atoms with Gasteiger partial charge in [-0.1, -0.05) is 42.1 Å². The molecule has 42 heavy (non-hydrogen) atoms. The fourth-order valence-corrected chi connectivity index (χ4v) is 6.30. The fourth-order valence-electron chi connectivity index (χ4n) is 4.65. The van der Waals surface area contributed by atoms with Crippen LogP contribution >= 0.6 is 23.1 Å². The predicted molar refractivity (Wildman–Crippen MR) is 166 cm³/mol. The number of carbonyl (C=O) groups excluding carboxylic acids is 2. The molecule has 214 valence electrons. The molecule has 2 aromatic carbocycles. The molecule has 4 aromatic rings. The first-order valence-corrected chi connectivity index (χ1v) is 15.4. The van der Waals surface area contributed by atoms with E-state index in [-0.39, 0.29) is 23.2 Å². The van der Waals surface area contributed by atoms with Gasteiger partial charge in [-0.3, -0.25) is 9.59 Å². The van der Waals surface area contributed by atoms with Crippen LogP contribution in [0, 0.1) is 11.3 Å². The van der Waals surface area contributed by atoms with Crippen molar-refractivity contribution in [3.8, 4) is 17.3 Å². The van der Waals surface area contributed by atoms with E-state index >= 15 is 0 Å². The van der Waals surface area contributed by atoms with E-state index in [1.807, 2.05) is 28.5 Å². The number of rotatable bonds is 9. The van der Waals surface area contributed by atoms with Crippen molar-refractivity contribution in [3.05, 3.63) is 76.2 Å². The minimum Gasteiger partial charge on any atom is -0.382 e. The molecular weight excluding hydrogens is 569 g/mol. The fraction of sp³-hybridized carbons (Fsp3) is 0.267. The van der Waals surface area contributed by atoms with E-state index < -0.39 is 0 Å². The van der Waals surface area contributed by atoms with Crippen molar-refractivity contribution in [1.82, 2.24) is 19.9 Å². The highest BCUT2D eigenvalue weighted by Gasteiger charge is 2.21. The maximum absolute atomic E-state index is 12.8. The van der Waals surface area contributed by atoms with E-state index in [1.165, 1.54) is 24.4 Å². The van der Waals surface area contributed by atoms with Crippen LogP contribution in [0.25, 0.3) is 11.3 Å². The lowest BCUT2D eigenvalue weighted by Gasteiger charge is -2.36. The van der Waals surface area contributed by atoms with Gasteiger partial charge in [-0.2, -0.15) is 5.26 Å². The number of nitrogens with one attached hydrogen (secondary N) is 1. The van der Waals surface area contributed by atoms with Crippen LogP contribution in [0.2, 0.25) is 0 Å². The van der Waals surface area contributed by atoms with Crippen molar-refractivity contribution in [3.63, 3.8) is 0 Å². The van der Waals surface area contributed by atoms with Crippen LogP contribution in [0.3, 0.4) is 0 Å². The number of para-hydroxylation sites is 1. The van der Waals surface area contributed by atoms with Gasteiger partial charge in [0.2, 0.25) is 11.8 Å². The number of hydrogen-bond acceptors (Lipinski definition) is 10. The third-order valence-corrected chi connectivity index (χ3v) is 8.60. The minimum absolute atomic E-state index is 0.109. The molecule has 0 atom stereocenters. The highest BCUT2D eigenvalue weighted by atomic mass is 32.2. The van der Waals surface area contributed by atoms with Crippen molar-refractivity contribution in [2.45, 2.75) is 30.7 Å². The SMILES string of the molecule is CC(=O)Nc1ccc(-c2nc(SCc3csc(CCC(=O)N4CCN(c5ccccc5)CC4)n3)nc(N)c2C#N)cc1. The van der Waals surface area contributed by atoms with Crippen LogP contribution in [0.1, 0.15) is 29.6 Å². The topological polar surface area (TPSA) is 141 Å². The summed E-state index contributed by atoms with van der Waals surface area (Å²) in [6, 6.07) is 19.4. The smallest absolute Gasteiger partial charge is 0.223 e. The molecule has 1 aliphatic rings. The predicted octanol–water partition coefficient (Wildman–Crippen LogP) is 4.59. The van der Waals surface area contributed by atoms with Gasteiger partial charge < -0.3 is 20.9 Å². The molecule has 0 unspecified atom stereocenters. The molecule has 0 saturated carbocycles. The van der Waals surface area contributed by atoms with E-state index in [0.29, 0.717) is 40.7 Å². The number of nitrogens with zero attached hydrogens (tertiary/aromatic N) is 6. The highest BCUT2D eigenvalue weighted by Crippen LogP contribution is 2.30. The lowest BCUT2D eigenvalue weighted by atomic mass is 10.1. The van der Waals surface area contributed by atoms with Gasteiger partial charge in [-0.05, 0) is 24.3 Å². The molecule has 0 bridgehead atoms. The molecule has 0 spiro atoms. The average Bonchev–Trinajstić information content (AvgIpc) is 3.47. The molecule has 3 heterocycles. The third-order valence-electron chi connectivity index (χ3n) is 6.76. The molecule has 0 aliphatic carbocycles. The van der Waals surface area contributed by atoms with Crippen molar-refractivity contribution in [2.24, 2.45) is 0 Å². The molecule has 3 N–H and O–H groups in total. The van der Waals surface area contributed by atoms with Crippen molar-refractivity contribution >= 4 is 52.1 Å². The van der Waals surface area contributed by atoms with Crippen LogP contribution in [-0.2, 0) is 21.8 Å². The average molecular weight is 599 g/mol. The molecule has 10 nitrogen and oxygen atoms in total. The van der Waals surface area contributed by atoms with E-state index in [0.717, 1.165) is 36.9 Å². The number of amides is 2. The Kier molecular flexibility index (Phi) is 9.31. The Morgan fingerprint density at radius 1 is 1.05 bits per heavy atom. The number of hydrogen-bond donors (Lipinski definition) is 2. The summed E-state index contributed by atoms with van der Waals surface area (Å²) in [4.78, 5) is 42.0. The lowest BCUT2D eigenvalue weighted by molar-refractivity contribution is -0.131. The van der Waals surface area contributed by atoms with Crippen molar-refractivity contribution in [2.75, 3.05) is 42.1 Å². The minimum atomic E-state index is -0.167. The second-order valence-corrected chi connectivity index (χ2v) is 11.6. The third kappa shape index (κ3) is 7.23. The van der Waals surface area contributed by atoms with E-state index in [4.69, 9.17) is 10.7 Å². The number of nitrogen functional groups attached to an aromatic ring is 1. The van der Waals surface area contributed by atoms with Gasteiger partial charge >= 0.3 is 0 Å². The number of thioether (sulfide) groups is 1. The Bertz CT molecular complexity index is 1590.